The van der Waals surface area contributed by atoms with Crippen LogP contribution < -0.4 is 20.3 Å². The molecular formula is C21H19ClF3N7O3S. The predicted molar refractivity (Wildman–Crippen MR) is 129 cm³/mol. The molecule has 0 saturated carbocycles. The number of anilines is 5. The van der Waals surface area contributed by atoms with Crippen molar-refractivity contribution >= 4 is 56.5 Å². The molecule has 3 N–H and O–H groups in total. The number of carbonyl (C=O) groups is 1. The van der Waals surface area contributed by atoms with Crippen LogP contribution in [0.1, 0.15) is 16.7 Å². The van der Waals surface area contributed by atoms with Crippen LogP contribution in [0.5, 0.6) is 0 Å². The first-order valence-electron chi connectivity index (χ1n) is 10.3. The van der Waals surface area contributed by atoms with E-state index in [1.807, 2.05) is 0 Å². The van der Waals surface area contributed by atoms with E-state index in [9.17, 15) is 26.4 Å². The maximum atomic E-state index is 13.6. The van der Waals surface area contributed by atoms with Crippen molar-refractivity contribution in [1.82, 2.24) is 15.0 Å². The van der Waals surface area contributed by atoms with Gasteiger partial charge in [-0.15, -0.1) is 0 Å². The van der Waals surface area contributed by atoms with Crippen LogP contribution in [0, 0.1) is 0 Å². The van der Waals surface area contributed by atoms with E-state index in [4.69, 9.17) is 11.6 Å². The van der Waals surface area contributed by atoms with E-state index in [1.165, 1.54) is 31.4 Å². The molecule has 1 aliphatic heterocycles. The molecule has 15 heteroatoms. The van der Waals surface area contributed by atoms with Crippen LogP contribution in [-0.4, -0.2) is 42.6 Å². The van der Waals surface area contributed by atoms with E-state index in [2.05, 4.69) is 30.9 Å². The van der Waals surface area contributed by atoms with Gasteiger partial charge in [0.25, 0.3) is 0 Å². The molecule has 0 unspecified atom stereocenters. The summed E-state index contributed by atoms with van der Waals surface area (Å²) in [7, 11) is -2.37. The fourth-order valence-electron chi connectivity index (χ4n) is 3.44. The van der Waals surface area contributed by atoms with Gasteiger partial charge in [-0.05, 0) is 23.8 Å². The molecule has 4 rings (SSSR count). The molecule has 1 amide bonds. The van der Waals surface area contributed by atoms with Gasteiger partial charge in [-0.25, -0.2) is 18.4 Å². The van der Waals surface area contributed by atoms with E-state index in [0.29, 0.717) is 28.7 Å². The molecule has 0 radical (unpaired) electrons. The zero-order valence-electron chi connectivity index (χ0n) is 18.8. The standard InChI is InChI=1S/C21H19ClF3N7O3S/c1-32(36(2,34)35)19-11(4-3-5-26-19)9-27-18-13(21(23,24)25)10-28-20(31-18)30-16-6-12-7-17(33)29-15(12)8-14(16)22/h3-6,8,10H,7,9H2,1-2H3,(H,29,33)(H2,27,28,30,31). The first-order chi connectivity index (χ1) is 16.8. The molecule has 190 valence electrons. The van der Waals surface area contributed by atoms with Crippen LogP contribution in [0.2, 0.25) is 5.02 Å². The summed E-state index contributed by atoms with van der Waals surface area (Å²) in [6.07, 6.45) is -1.65. The normalized spacial score (nSPS) is 13.2. The van der Waals surface area contributed by atoms with Crippen molar-refractivity contribution in [3.8, 4) is 0 Å². The number of amides is 1. The van der Waals surface area contributed by atoms with Gasteiger partial charge in [0.2, 0.25) is 21.9 Å². The number of aromatic nitrogens is 3. The summed E-state index contributed by atoms with van der Waals surface area (Å²) in [6, 6.07) is 6.18. The smallest absolute Gasteiger partial charge is 0.365 e. The summed E-state index contributed by atoms with van der Waals surface area (Å²) in [4.78, 5) is 23.4. The van der Waals surface area contributed by atoms with Crippen LogP contribution in [0.4, 0.5) is 42.1 Å². The van der Waals surface area contributed by atoms with Gasteiger partial charge < -0.3 is 16.0 Å². The lowest BCUT2D eigenvalue weighted by Crippen LogP contribution is -2.27. The van der Waals surface area contributed by atoms with Gasteiger partial charge in [0.1, 0.15) is 17.2 Å². The summed E-state index contributed by atoms with van der Waals surface area (Å²) in [6.45, 7) is -0.212. The summed E-state index contributed by atoms with van der Waals surface area (Å²) < 4.78 is 65.7. The Hall–Kier alpha value is -3.65. The number of benzene rings is 1. The minimum atomic E-state index is -4.76. The van der Waals surface area contributed by atoms with Crippen molar-refractivity contribution in [1.29, 1.82) is 0 Å². The van der Waals surface area contributed by atoms with Crippen LogP contribution >= 0.6 is 11.6 Å². The highest BCUT2D eigenvalue weighted by atomic mass is 35.5. The molecule has 0 fully saturated rings. The maximum absolute atomic E-state index is 13.6. The second-order valence-corrected chi connectivity index (χ2v) is 10.3. The van der Waals surface area contributed by atoms with Gasteiger partial charge in [0.15, 0.2) is 0 Å². The number of pyridine rings is 1. The Kier molecular flexibility index (Phi) is 6.66. The molecule has 0 spiro atoms. The Morgan fingerprint density at radius 1 is 1.25 bits per heavy atom. The van der Waals surface area contributed by atoms with Gasteiger partial charge in [-0.3, -0.25) is 9.10 Å². The lowest BCUT2D eigenvalue weighted by atomic mass is 10.1. The predicted octanol–water partition coefficient (Wildman–Crippen LogP) is 3.79. The van der Waals surface area contributed by atoms with Gasteiger partial charge in [-0.1, -0.05) is 17.7 Å². The van der Waals surface area contributed by atoms with E-state index < -0.39 is 27.6 Å². The van der Waals surface area contributed by atoms with E-state index in [1.54, 1.807) is 6.07 Å². The van der Waals surface area contributed by atoms with Crippen LogP contribution in [0.25, 0.3) is 0 Å². The average Bonchev–Trinajstić information content (AvgIpc) is 3.15. The highest BCUT2D eigenvalue weighted by Crippen LogP contribution is 2.36. The van der Waals surface area contributed by atoms with Crippen LogP contribution in [-0.2, 0) is 34.0 Å². The lowest BCUT2D eigenvalue weighted by molar-refractivity contribution is -0.137. The Labute approximate surface area is 209 Å². The molecule has 1 aromatic carbocycles. The zero-order valence-corrected chi connectivity index (χ0v) is 20.4. The van der Waals surface area contributed by atoms with Crippen molar-refractivity contribution in [2.45, 2.75) is 19.1 Å². The van der Waals surface area contributed by atoms with E-state index >= 15 is 0 Å². The van der Waals surface area contributed by atoms with E-state index in [0.717, 1.165) is 10.6 Å². The van der Waals surface area contributed by atoms with Gasteiger partial charge in [0.05, 0.1) is 23.4 Å². The molecule has 0 saturated heterocycles. The molecule has 3 aromatic rings. The highest BCUT2D eigenvalue weighted by molar-refractivity contribution is 7.92. The van der Waals surface area contributed by atoms with E-state index in [-0.39, 0.29) is 35.7 Å². The topological polar surface area (TPSA) is 129 Å². The molecule has 2 aromatic heterocycles. The van der Waals surface area contributed by atoms with Crippen molar-refractivity contribution in [2.24, 2.45) is 0 Å². The number of hydrogen-bond donors (Lipinski definition) is 3. The number of rotatable bonds is 7. The summed E-state index contributed by atoms with van der Waals surface area (Å²) in [5.74, 6) is -0.858. The number of sulfonamides is 1. The van der Waals surface area contributed by atoms with Crippen molar-refractivity contribution in [2.75, 3.05) is 33.6 Å². The number of hydrogen-bond acceptors (Lipinski definition) is 8. The molecule has 0 aliphatic carbocycles. The fraction of sp³-hybridized carbons (Fsp3) is 0.238. The van der Waals surface area contributed by atoms with Crippen molar-refractivity contribution < 1.29 is 26.4 Å². The number of halogens is 4. The number of nitrogens with one attached hydrogen (secondary N) is 3. The van der Waals surface area contributed by atoms with Gasteiger partial charge >= 0.3 is 6.18 Å². The zero-order chi connectivity index (χ0) is 26.3. The third kappa shape index (κ3) is 5.44. The Bertz CT molecular complexity index is 1450. The molecule has 1 aliphatic rings. The summed E-state index contributed by atoms with van der Waals surface area (Å²) in [5.41, 5.74) is 0.728. The summed E-state index contributed by atoms with van der Waals surface area (Å²) in [5, 5.41) is 8.25. The monoisotopic (exact) mass is 541 g/mol. The maximum Gasteiger partial charge on any atom is 0.421 e. The molecular weight excluding hydrogens is 523 g/mol. The minimum Gasteiger partial charge on any atom is -0.365 e. The van der Waals surface area contributed by atoms with Gasteiger partial charge in [-0.2, -0.15) is 18.2 Å². The Morgan fingerprint density at radius 2 is 2.00 bits per heavy atom. The minimum absolute atomic E-state index is 0.0570. The average molecular weight is 542 g/mol. The second-order valence-electron chi connectivity index (χ2n) is 7.86. The highest BCUT2D eigenvalue weighted by Gasteiger charge is 2.35. The quantitative estimate of drug-likeness (QED) is 0.412. The fourth-order valence-corrected chi connectivity index (χ4v) is 4.13. The molecule has 10 nitrogen and oxygen atoms in total. The number of carbonyl (C=O) groups excluding carboxylic acids is 1. The lowest BCUT2D eigenvalue weighted by Gasteiger charge is -2.20. The van der Waals surface area contributed by atoms with Crippen LogP contribution in [0.15, 0.2) is 36.7 Å². The third-order valence-electron chi connectivity index (χ3n) is 5.27. The van der Waals surface area contributed by atoms with Crippen molar-refractivity contribution in [3.05, 3.63) is 58.4 Å². The number of fused-ring (bicyclic) bond motifs is 1. The number of nitrogens with zero attached hydrogens (tertiary/aromatic N) is 4. The molecule has 0 atom stereocenters. The first-order valence-corrected chi connectivity index (χ1v) is 12.5. The summed E-state index contributed by atoms with van der Waals surface area (Å²) >= 11 is 6.25. The third-order valence-corrected chi connectivity index (χ3v) is 6.75. The molecule has 3 heterocycles. The molecule has 36 heavy (non-hydrogen) atoms. The van der Waals surface area contributed by atoms with Crippen LogP contribution in [0.3, 0.4) is 0 Å². The second kappa shape index (κ2) is 9.43. The largest absolute Gasteiger partial charge is 0.421 e. The SMILES string of the molecule is CN(c1ncccc1CNc1nc(Nc2cc3c(cc2Cl)NC(=O)C3)ncc1C(F)(F)F)S(C)(=O)=O. The number of alkyl halides is 3. The Morgan fingerprint density at radius 3 is 2.69 bits per heavy atom. The van der Waals surface area contributed by atoms with Gasteiger partial charge in [0, 0.05) is 37.2 Å². The van der Waals surface area contributed by atoms with Crippen molar-refractivity contribution in [3.63, 3.8) is 0 Å². The first kappa shape index (κ1) is 25.4. The Balaban J connectivity index is 1.64. The molecule has 0 bridgehead atoms.